The molecule has 1 aromatic rings. The number of nitrogens with one attached hydrogen (secondary N) is 2. The first-order valence-corrected chi connectivity index (χ1v) is 11.1. The molecule has 0 radical (unpaired) electrons. The summed E-state index contributed by atoms with van der Waals surface area (Å²) in [6.45, 7) is 4.66. The lowest BCUT2D eigenvalue weighted by Crippen LogP contribution is -2.44. The molecule has 1 atom stereocenters. The lowest BCUT2D eigenvalue weighted by atomic mass is 10.2. The van der Waals surface area contributed by atoms with Gasteiger partial charge >= 0.3 is 0 Å². The summed E-state index contributed by atoms with van der Waals surface area (Å²) in [4.78, 5) is 6.64. The average Bonchev–Trinajstić information content (AvgIpc) is 3.09. The number of sulfone groups is 1. The first-order valence-electron chi connectivity index (χ1n) is 9.05. The van der Waals surface area contributed by atoms with Gasteiger partial charge in [-0.15, -0.1) is 0 Å². The smallest absolute Gasteiger partial charge is 0.191 e. The van der Waals surface area contributed by atoms with Gasteiger partial charge in [0.1, 0.15) is 21.3 Å². The molecule has 0 bridgehead atoms. The molecule has 0 saturated carbocycles. The Kier molecular flexibility index (Phi) is 7.58. The maximum absolute atomic E-state index is 11.3. The second-order valence-corrected chi connectivity index (χ2v) is 8.80. The van der Waals surface area contributed by atoms with Crippen molar-refractivity contribution in [1.82, 2.24) is 10.6 Å². The highest BCUT2D eigenvalue weighted by molar-refractivity contribution is 7.90. The summed E-state index contributed by atoms with van der Waals surface area (Å²) in [5.74, 6) is 2.22. The van der Waals surface area contributed by atoms with Crippen molar-refractivity contribution in [2.24, 2.45) is 4.99 Å². The molecule has 1 aromatic carbocycles. The topological polar surface area (TPSA) is 92.3 Å². The number of anilines is 1. The lowest BCUT2D eigenvalue weighted by Gasteiger charge is -2.21. The molecule has 1 aliphatic rings. The highest BCUT2D eigenvalue weighted by Crippen LogP contribution is 2.30. The van der Waals surface area contributed by atoms with Crippen LogP contribution in [0.5, 0.6) is 11.5 Å². The summed E-state index contributed by atoms with van der Waals surface area (Å²) >= 11 is 0. The van der Waals surface area contributed by atoms with Gasteiger partial charge in [0.05, 0.1) is 26.5 Å². The monoisotopic (exact) mass is 398 g/mol. The number of benzene rings is 1. The molecule has 2 N–H and O–H groups in total. The van der Waals surface area contributed by atoms with E-state index in [1.807, 2.05) is 25.1 Å². The van der Waals surface area contributed by atoms with Gasteiger partial charge in [-0.05, 0) is 13.3 Å². The van der Waals surface area contributed by atoms with E-state index >= 15 is 0 Å². The van der Waals surface area contributed by atoms with Gasteiger partial charge in [-0.1, -0.05) is 0 Å². The van der Waals surface area contributed by atoms with Crippen LogP contribution in [0.15, 0.2) is 23.2 Å². The minimum atomic E-state index is -3.01. The number of aliphatic imine (C=N–C) groups is 1. The fourth-order valence-corrected chi connectivity index (χ4v) is 3.35. The Bertz CT molecular complexity index is 729. The number of guanidine groups is 1. The van der Waals surface area contributed by atoms with Crippen LogP contribution < -0.4 is 25.0 Å². The third-order valence-electron chi connectivity index (χ3n) is 4.31. The van der Waals surface area contributed by atoms with Crippen molar-refractivity contribution >= 4 is 21.5 Å². The molecule has 0 spiro atoms. The molecule has 27 heavy (non-hydrogen) atoms. The standard InChI is InChI=1S/C18H30N4O4S/c1-5-19-18(20-7-9-27(4,23)24)21-14-6-8-22(13-14)15-10-16(25-2)12-17(11-15)26-3/h10-12,14H,5-9,13H2,1-4H3,(H2,19,20,21). The summed E-state index contributed by atoms with van der Waals surface area (Å²) in [7, 11) is 0.268. The largest absolute Gasteiger partial charge is 0.497 e. The van der Waals surface area contributed by atoms with Crippen LogP contribution in [0.25, 0.3) is 0 Å². The maximum atomic E-state index is 11.3. The molecule has 1 heterocycles. The summed E-state index contributed by atoms with van der Waals surface area (Å²) in [6, 6.07) is 6.07. The van der Waals surface area contributed by atoms with E-state index in [0.29, 0.717) is 12.5 Å². The quantitative estimate of drug-likeness (QED) is 0.496. The zero-order chi connectivity index (χ0) is 19.9. The fourth-order valence-electron chi connectivity index (χ4n) is 2.92. The van der Waals surface area contributed by atoms with Crippen molar-refractivity contribution in [3.8, 4) is 11.5 Å². The minimum absolute atomic E-state index is 0.0456. The number of hydrogen-bond donors (Lipinski definition) is 2. The van der Waals surface area contributed by atoms with Crippen molar-refractivity contribution in [3.63, 3.8) is 0 Å². The molecule has 9 heteroatoms. The molecule has 152 valence electrons. The molecule has 8 nitrogen and oxygen atoms in total. The summed E-state index contributed by atoms with van der Waals surface area (Å²) < 4.78 is 33.3. The predicted molar refractivity (Wildman–Crippen MR) is 109 cm³/mol. The normalized spacial score (nSPS) is 17.7. The van der Waals surface area contributed by atoms with E-state index < -0.39 is 9.84 Å². The lowest BCUT2D eigenvalue weighted by molar-refractivity contribution is 0.394. The zero-order valence-corrected chi connectivity index (χ0v) is 17.3. The van der Waals surface area contributed by atoms with Crippen LogP contribution >= 0.6 is 0 Å². The molecule has 0 aliphatic carbocycles. The number of nitrogens with zero attached hydrogens (tertiary/aromatic N) is 2. The van der Waals surface area contributed by atoms with Crippen LogP contribution in [0.2, 0.25) is 0 Å². The summed E-state index contributed by atoms with van der Waals surface area (Å²) in [6.07, 6.45) is 2.18. The number of rotatable bonds is 8. The Morgan fingerprint density at radius 3 is 2.48 bits per heavy atom. The fraction of sp³-hybridized carbons (Fsp3) is 0.611. The second kappa shape index (κ2) is 9.68. The van der Waals surface area contributed by atoms with E-state index in [0.717, 1.165) is 36.7 Å². The van der Waals surface area contributed by atoms with Gasteiger partial charge < -0.3 is 25.0 Å². The minimum Gasteiger partial charge on any atom is -0.497 e. The Morgan fingerprint density at radius 2 is 1.93 bits per heavy atom. The van der Waals surface area contributed by atoms with Gasteiger partial charge in [0.25, 0.3) is 0 Å². The molecule has 0 aromatic heterocycles. The second-order valence-electron chi connectivity index (χ2n) is 6.54. The molecular formula is C18H30N4O4S. The van der Waals surface area contributed by atoms with Crippen LogP contribution in [-0.2, 0) is 9.84 Å². The third-order valence-corrected chi connectivity index (χ3v) is 5.23. The number of hydrogen-bond acceptors (Lipinski definition) is 6. The van der Waals surface area contributed by atoms with E-state index in [4.69, 9.17) is 9.47 Å². The first kappa shape index (κ1) is 21.1. The van der Waals surface area contributed by atoms with E-state index in [1.165, 1.54) is 6.26 Å². The van der Waals surface area contributed by atoms with Gasteiger partial charge in [-0.25, -0.2) is 8.42 Å². The van der Waals surface area contributed by atoms with Crippen molar-refractivity contribution in [3.05, 3.63) is 18.2 Å². The Labute approximate surface area is 161 Å². The summed E-state index contributed by atoms with van der Waals surface area (Å²) in [5, 5.41) is 6.57. The van der Waals surface area contributed by atoms with Gasteiger partial charge in [-0.3, -0.25) is 4.99 Å². The highest BCUT2D eigenvalue weighted by Gasteiger charge is 2.24. The van der Waals surface area contributed by atoms with Gasteiger partial charge in [-0.2, -0.15) is 0 Å². The Morgan fingerprint density at radius 1 is 1.26 bits per heavy atom. The van der Waals surface area contributed by atoms with Crippen molar-refractivity contribution in [1.29, 1.82) is 0 Å². The summed E-state index contributed by atoms with van der Waals surface area (Å²) in [5.41, 5.74) is 1.05. The van der Waals surface area contributed by atoms with E-state index in [2.05, 4.69) is 20.5 Å². The SMILES string of the molecule is CCNC(=NCCS(C)(=O)=O)NC1CCN(c2cc(OC)cc(OC)c2)C1. The Balaban J connectivity index is 2.00. The zero-order valence-electron chi connectivity index (χ0n) is 16.5. The molecule has 1 fully saturated rings. The molecule has 0 amide bonds. The van der Waals surface area contributed by atoms with Gasteiger partial charge in [0, 0.05) is 55.8 Å². The maximum Gasteiger partial charge on any atom is 0.191 e. The number of ether oxygens (including phenoxy) is 2. The highest BCUT2D eigenvalue weighted by atomic mass is 32.2. The van der Waals surface area contributed by atoms with E-state index in [1.54, 1.807) is 14.2 Å². The third kappa shape index (κ3) is 6.82. The predicted octanol–water partition coefficient (Wildman–Crippen LogP) is 0.882. The number of methoxy groups -OCH3 is 2. The van der Waals surface area contributed by atoms with Crippen molar-refractivity contribution in [2.75, 3.05) is 57.3 Å². The van der Waals surface area contributed by atoms with Crippen LogP contribution in [0.4, 0.5) is 5.69 Å². The van der Waals surface area contributed by atoms with E-state index in [-0.39, 0.29) is 18.3 Å². The van der Waals surface area contributed by atoms with Crippen molar-refractivity contribution < 1.29 is 17.9 Å². The van der Waals surface area contributed by atoms with Gasteiger partial charge in [0.15, 0.2) is 5.96 Å². The van der Waals surface area contributed by atoms with Crippen LogP contribution in [-0.4, -0.2) is 72.8 Å². The van der Waals surface area contributed by atoms with Gasteiger partial charge in [0.2, 0.25) is 0 Å². The van der Waals surface area contributed by atoms with Crippen molar-refractivity contribution in [2.45, 2.75) is 19.4 Å². The molecule has 2 rings (SSSR count). The molecule has 1 aliphatic heterocycles. The van der Waals surface area contributed by atoms with Crippen LogP contribution in [0.1, 0.15) is 13.3 Å². The molecule has 1 saturated heterocycles. The van der Waals surface area contributed by atoms with Crippen LogP contribution in [0, 0.1) is 0 Å². The molecular weight excluding hydrogens is 368 g/mol. The van der Waals surface area contributed by atoms with E-state index in [9.17, 15) is 8.42 Å². The van der Waals surface area contributed by atoms with Crippen LogP contribution in [0.3, 0.4) is 0 Å². The average molecular weight is 399 g/mol. The first-order chi connectivity index (χ1) is 12.8. The Hall–Kier alpha value is -2.16. The molecule has 1 unspecified atom stereocenters.